The monoisotopic (exact) mass is 568 g/mol. The Morgan fingerprint density at radius 2 is 1.48 bits per heavy atom. The molecule has 1 unspecified atom stereocenters. The molecule has 0 saturated heterocycles. The zero-order valence-corrected chi connectivity index (χ0v) is 24.0. The lowest BCUT2D eigenvalue weighted by Crippen LogP contribution is -2.31. The van der Waals surface area contributed by atoms with Gasteiger partial charge in [0.05, 0.1) is 34.5 Å². The van der Waals surface area contributed by atoms with Crippen molar-refractivity contribution < 1.29 is 0 Å². The first kappa shape index (κ1) is 25.8. The third-order valence-electron chi connectivity index (χ3n) is 7.65. The van der Waals surface area contributed by atoms with E-state index in [1.54, 1.807) is 5.01 Å². The highest BCUT2D eigenvalue weighted by molar-refractivity contribution is 7.80. The number of pyridine rings is 1. The number of benzene rings is 3. The molecule has 9 heteroatoms. The van der Waals surface area contributed by atoms with Gasteiger partial charge in [0.25, 0.3) is 0 Å². The number of rotatable bonds is 5. The summed E-state index contributed by atoms with van der Waals surface area (Å²) in [4.78, 5) is 5.01. The molecule has 6 aromatic rings. The van der Waals surface area contributed by atoms with Crippen LogP contribution in [0.1, 0.15) is 35.0 Å². The van der Waals surface area contributed by atoms with Crippen molar-refractivity contribution in [1.29, 1.82) is 0 Å². The second-order valence-corrected chi connectivity index (χ2v) is 10.8. The van der Waals surface area contributed by atoms with Gasteiger partial charge < -0.3 is 5.73 Å². The van der Waals surface area contributed by atoms with Crippen LogP contribution in [0.3, 0.4) is 0 Å². The summed E-state index contributed by atoms with van der Waals surface area (Å²) < 4.78 is 3.81. The van der Waals surface area contributed by atoms with Crippen LogP contribution in [0.2, 0.25) is 0 Å². The number of hydrogen-bond acceptors (Lipinski definition) is 5. The third-order valence-corrected chi connectivity index (χ3v) is 7.84. The average Bonchev–Trinajstić information content (AvgIpc) is 3.74. The van der Waals surface area contributed by atoms with Crippen molar-refractivity contribution in [2.45, 2.75) is 26.3 Å². The quantitative estimate of drug-likeness (QED) is 0.246. The molecule has 1 aliphatic rings. The van der Waals surface area contributed by atoms with Crippen LogP contribution in [0.4, 0.5) is 0 Å². The zero-order chi connectivity index (χ0) is 28.8. The van der Waals surface area contributed by atoms with E-state index in [9.17, 15) is 0 Å². The smallest absolute Gasteiger partial charge is 0.187 e. The van der Waals surface area contributed by atoms with Crippen LogP contribution in [-0.4, -0.2) is 40.4 Å². The van der Waals surface area contributed by atoms with Crippen molar-refractivity contribution in [3.05, 3.63) is 126 Å². The van der Waals surface area contributed by atoms with Crippen LogP contribution in [0.15, 0.2) is 108 Å². The maximum Gasteiger partial charge on any atom is 0.187 e. The number of para-hydroxylation sites is 2. The fraction of sp³-hybridized carbons (Fsp3) is 0.121. The molecule has 0 bridgehead atoms. The Bertz CT molecular complexity index is 1960. The molecular formula is C33H28N8S. The average molecular weight is 569 g/mol. The van der Waals surface area contributed by atoms with E-state index in [0.717, 1.165) is 61.9 Å². The molecule has 7 rings (SSSR count). The second kappa shape index (κ2) is 10.4. The van der Waals surface area contributed by atoms with Gasteiger partial charge in [-0.2, -0.15) is 15.3 Å². The number of nitrogens with zero attached hydrogens (tertiary/aromatic N) is 7. The summed E-state index contributed by atoms with van der Waals surface area (Å²) in [6, 6.07) is 32.2. The predicted octanol–water partition coefficient (Wildman–Crippen LogP) is 6.28. The van der Waals surface area contributed by atoms with Crippen molar-refractivity contribution in [1.82, 2.24) is 29.6 Å². The van der Waals surface area contributed by atoms with E-state index in [1.807, 2.05) is 102 Å². The van der Waals surface area contributed by atoms with E-state index in [4.69, 9.17) is 38.2 Å². The van der Waals surface area contributed by atoms with E-state index in [1.165, 1.54) is 0 Å². The Kier molecular flexibility index (Phi) is 6.36. The molecule has 1 aliphatic heterocycles. The van der Waals surface area contributed by atoms with E-state index in [2.05, 4.69) is 24.4 Å². The lowest BCUT2D eigenvalue weighted by Gasteiger charge is -2.21. The predicted molar refractivity (Wildman–Crippen MR) is 170 cm³/mol. The first-order valence-electron chi connectivity index (χ1n) is 13.8. The fourth-order valence-electron chi connectivity index (χ4n) is 5.60. The van der Waals surface area contributed by atoms with E-state index >= 15 is 0 Å². The van der Waals surface area contributed by atoms with E-state index in [0.29, 0.717) is 6.42 Å². The molecule has 0 spiro atoms. The summed E-state index contributed by atoms with van der Waals surface area (Å²) in [6.07, 6.45) is 2.66. The van der Waals surface area contributed by atoms with Crippen LogP contribution in [-0.2, 0) is 0 Å². The zero-order valence-electron chi connectivity index (χ0n) is 23.2. The number of thiocarbonyl (C=S) groups is 1. The summed E-state index contributed by atoms with van der Waals surface area (Å²) in [5, 5.41) is 17.7. The molecule has 1 atom stereocenters. The fourth-order valence-corrected chi connectivity index (χ4v) is 5.76. The first-order valence-corrected chi connectivity index (χ1v) is 14.2. The highest BCUT2D eigenvalue weighted by Crippen LogP contribution is 2.39. The molecule has 0 radical (unpaired) electrons. The number of nitrogens with two attached hydrogens (primary N) is 1. The van der Waals surface area contributed by atoms with Crippen LogP contribution < -0.4 is 5.73 Å². The van der Waals surface area contributed by atoms with Crippen molar-refractivity contribution in [2.24, 2.45) is 10.8 Å². The molecular weight excluding hydrogens is 540 g/mol. The normalized spacial score (nSPS) is 14.9. The Balaban J connectivity index is 1.32. The SMILES string of the molecule is Cc1nc2c(cc1C1=NN(C(N)=S)C(c3cn(-c4ccccc4)nc3-c3ccccc3)C1)c(C)nn2-c1ccccc1. The van der Waals surface area contributed by atoms with Crippen molar-refractivity contribution in [3.63, 3.8) is 0 Å². The van der Waals surface area contributed by atoms with Gasteiger partial charge in [-0.1, -0.05) is 66.7 Å². The minimum absolute atomic E-state index is 0.209. The van der Waals surface area contributed by atoms with Gasteiger partial charge in [0.2, 0.25) is 0 Å². The molecule has 0 saturated carbocycles. The maximum absolute atomic E-state index is 6.29. The van der Waals surface area contributed by atoms with Gasteiger partial charge in [0, 0.05) is 40.4 Å². The maximum atomic E-state index is 6.29. The lowest BCUT2D eigenvalue weighted by molar-refractivity contribution is 0.373. The number of aromatic nitrogens is 5. The highest BCUT2D eigenvalue weighted by atomic mass is 32.1. The summed E-state index contributed by atoms with van der Waals surface area (Å²) in [5.74, 6) is 0. The molecule has 4 heterocycles. The van der Waals surface area contributed by atoms with Gasteiger partial charge >= 0.3 is 0 Å². The Labute approximate surface area is 248 Å². The number of hydrogen-bond donors (Lipinski definition) is 1. The van der Waals surface area contributed by atoms with Gasteiger partial charge in [-0.3, -0.25) is 0 Å². The van der Waals surface area contributed by atoms with E-state index in [-0.39, 0.29) is 11.2 Å². The van der Waals surface area contributed by atoms with E-state index < -0.39 is 0 Å². The van der Waals surface area contributed by atoms with Gasteiger partial charge in [-0.15, -0.1) is 0 Å². The summed E-state index contributed by atoms with van der Waals surface area (Å²) in [7, 11) is 0. The van der Waals surface area contributed by atoms with Gasteiger partial charge in [-0.05, 0) is 56.4 Å². The largest absolute Gasteiger partial charge is 0.375 e. The van der Waals surface area contributed by atoms with Gasteiger partial charge in [-0.25, -0.2) is 19.4 Å². The van der Waals surface area contributed by atoms with Gasteiger partial charge in [0.15, 0.2) is 10.8 Å². The van der Waals surface area contributed by atoms with Gasteiger partial charge in [0.1, 0.15) is 0 Å². The number of aryl methyl sites for hydroxylation is 2. The highest BCUT2D eigenvalue weighted by Gasteiger charge is 2.35. The van der Waals surface area contributed by atoms with Crippen molar-refractivity contribution >= 4 is 34.1 Å². The molecule has 0 amide bonds. The third kappa shape index (κ3) is 4.44. The first-order chi connectivity index (χ1) is 20.5. The summed E-state index contributed by atoms with van der Waals surface area (Å²) >= 11 is 5.52. The van der Waals surface area contributed by atoms with Crippen molar-refractivity contribution in [2.75, 3.05) is 0 Å². The Morgan fingerprint density at radius 1 is 0.833 bits per heavy atom. The standard InChI is InChI=1S/C33H28N8S/c1-21-26(18-27-22(2)36-40(32(27)35-21)25-16-10-5-11-17-25)29-19-30(41(37-29)33(34)42)28-20-39(24-14-8-4-9-15-24)38-31(28)23-12-6-3-7-13-23/h3-18,20,30H,19H2,1-2H3,(H2,34,42). The molecule has 2 N–H and O–H groups in total. The van der Waals surface area contributed by atoms with Crippen LogP contribution in [0, 0.1) is 13.8 Å². The minimum atomic E-state index is -0.228. The molecule has 3 aromatic heterocycles. The lowest BCUT2D eigenvalue weighted by atomic mass is 9.95. The minimum Gasteiger partial charge on any atom is -0.375 e. The molecule has 0 aliphatic carbocycles. The summed E-state index contributed by atoms with van der Waals surface area (Å²) in [6.45, 7) is 4.02. The molecule has 206 valence electrons. The Morgan fingerprint density at radius 3 is 2.14 bits per heavy atom. The Hall–Kier alpha value is -5.15. The number of hydrazone groups is 1. The van der Waals surface area contributed by atoms with Crippen LogP contribution in [0.5, 0.6) is 0 Å². The topological polar surface area (TPSA) is 90.2 Å². The van der Waals surface area contributed by atoms with Crippen LogP contribution >= 0.6 is 12.2 Å². The molecule has 3 aromatic carbocycles. The summed E-state index contributed by atoms with van der Waals surface area (Å²) in [5.41, 5.74) is 15.5. The molecule has 42 heavy (non-hydrogen) atoms. The van der Waals surface area contributed by atoms with Crippen LogP contribution in [0.25, 0.3) is 33.7 Å². The molecule has 0 fully saturated rings. The second-order valence-electron chi connectivity index (χ2n) is 10.4. The van der Waals surface area contributed by atoms with Crippen molar-refractivity contribution in [3.8, 4) is 22.6 Å². The number of fused-ring (bicyclic) bond motifs is 1. The molecule has 8 nitrogen and oxygen atoms in total.